The van der Waals surface area contributed by atoms with Crippen LogP contribution in [-0.2, 0) is 4.79 Å². The number of hydrogen-bond donors (Lipinski definition) is 1. The first-order valence-corrected chi connectivity index (χ1v) is 8.96. The van der Waals surface area contributed by atoms with Gasteiger partial charge in [0.25, 0.3) is 5.91 Å². The summed E-state index contributed by atoms with van der Waals surface area (Å²) in [6.07, 6.45) is 2.98. The monoisotopic (exact) mass is 334 g/mol. The number of anilines is 1. The van der Waals surface area contributed by atoms with Gasteiger partial charge < -0.3 is 10.2 Å². The molecule has 1 saturated carbocycles. The molecule has 128 valence electrons. The van der Waals surface area contributed by atoms with Crippen LogP contribution in [0.1, 0.15) is 41.1 Å². The minimum Gasteiger partial charge on any atom is -0.338 e. The van der Waals surface area contributed by atoms with Crippen LogP contribution in [-0.4, -0.2) is 29.8 Å². The topological polar surface area (TPSA) is 49.4 Å². The highest BCUT2D eigenvalue weighted by atomic mass is 16.2. The van der Waals surface area contributed by atoms with Gasteiger partial charge in [0, 0.05) is 36.2 Å². The molecule has 2 aromatic carbocycles. The number of benzene rings is 2. The maximum Gasteiger partial charge on any atom is 0.253 e. The zero-order chi connectivity index (χ0) is 17.2. The Morgan fingerprint density at radius 1 is 0.920 bits per heavy atom. The highest BCUT2D eigenvalue weighted by Crippen LogP contribution is 2.30. The molecule has 2 fully saturated rings. The number of nitrogens with one attached hydrogen (secondary N) is 1. The maximum absolute atomic E-state index is 12.7. The molecule has 2 aliphatic rings. The molecular weight excluding hydrogens is 312 g/mol. The number of carbonyl (C=O) groups excluding carboxylic acids is 2. The lowest BCUT2D eigenvalue weighted by Crippen LogP contribution is -2.28. The smallest absolute Gasteiger partial charge is 0.253 e. The fourth-order valence-corrected chi connectivity index (χ4v) is 3.41. The lowest BCUT2D eigenvalue weighted by molar-refractivity contribution is -0.117. The molecule has 4 heteroatoms. The summed E-state index contributed by atoms with van der Waals surface area (Å²) < 4.78 is 0. The second kappa shape index (κ2) is 6.71. The van der Waals surface area contributed by atoms with Crippen molar-refractivity contribution in [1.29, 1.82) is 0 Å². The predicted octanol–water partition coefficient (Wildman–Crippen LogP) is 3.66. The molecule has 4 rings (SSSR count). The van der Waals surface area contributed by atoms with Crippen molar-refractivity contribution in [3.8, 4) is 0 Å². The molecule has 1 heterocycles. The summed E-state index contributed by atoms with van der Waals surface area (Å²) >= 11 is 0. The molecule has 2 amide bonds. The van der Waals surface area contributed by atoms with Crippen LogP contribution >= 0.6 is 0 Å². The van der Waals surface area contributed by atoms with Crippen molar-refractivity contribution in [2.45, 2.75) is 25.2 Å². The van der Waals surface area contributed by atoms with Crippen LogP contribution < -0.4 is 5.32 Å². The summed E-state index contributed by atoms with van der Waals surface area (Å²) in [5, 5.41) is 2.90. The van der Waals surface area contributed by atoms with Gasteiger partial charge in [-0.3, -0.25) is 9.59 Å². The first kappa shape index (κ1) is 15.9. The molecule has 0 spiro atoms. The first-order valence-electron chi connectivity index (χ1n) is 8.96. The summed E-state index contributed by atoms with van der Waals surface area (Å²) in [6, 6.07) is 17.6. The van der Waals surface area contributed by atoms with Gasteiger partial charge >= 0.3 is 0 Å². The van der Waals surface area contributed by atoms with E-state index in [9.17, 15) is 9.59 Å². The Balaban J connectivity index is 1.38. The number of nitrogens with zero attached hydrogens (tertiary/aromatic N) is 1. The maximum atomic E-state index is 12.7. The van der Waals surface area contributed by atoms with Crippen LogP contribution in [0.3, 0.4) is 0 Å². The molecule has 25 heavy (non-hydrogen) atoms. The average Bonchev–Trinajstić information content (AvgIpc) is 3.39. The third-order valence-electron chi connectivity index (χ3n) is 5.09. The van der Waals surface area contributed by atoms with Gasteiger partial charge in [-0.05, 0) is 49.1 Å². The van der Waals surface area contributed by atoms with Crippen LogP contribution in [0.15, 0.2) is 54.6 Å². The number of rotatable bonds is 4. The van der Waals surface area contributed by atoms with E-state index >= 15 is 0 Å². The van der Waals surface area contributed by atoms with Crippen molar-refractivity contribution < 1.29 is 9.59 Å². The van der Waals surface area contributed by atoms with Crippen molar-refractivity contribution in [3.05, 3.63) is 65.7 Å². The third kappa shape index (κ3) is 3.58. The van der Waals surface area contributed by atoms with Gasteiger partial charge in [-0.15, -0.1) is 0 Å². The molecule has 4 nitrogen and oxygen atoms in total. The summed E-state index contributed by atoms with van der Waals surface area (Å²) in [7, 11) is 0. The predicted molar refractivity (Wildman–Crippen MR) is 97.5 cm³/mol. The van der Waals surface area contributed by atoms with E-state index in [1.54, 1.807) is 12.1 Å². The standard InChI is InChI=1S/C21H22N2O2/c24-20(16-6-7-16)22-19-10-8-17(9-11-19)21(25)23-13-12-18(14-23)15-4-2-1-3-5-15/h1-5,8-11,16,18H,6-7,12-14H2,(H,22,24)/t18-/m0/s1. The SMILES string of the molecule is O=C(Nc1ccc(C(=O)N2CC[C@H](c3ccccc3)C2)cc1)C1CC1. The van der Waals surface area contributed by atoms with Crippen molar-refractivity contribution in [3.63, 3.8) is 0 Å². The van der Waals surface area contributed by atoms with E-state index in [0.29, 0.717) is 11.5 Å². The molecule has 1 aliphatic heterocycles. The van der Waals surface area contributed by atoms with Crippen molar-refractivity contribution in [2.75, 3.05) is 18.4 Å². The third-order valence-corrected chi connectivity index (χ3v) is 5.09. The second-order valence-electron chi connectivity index (χ2n) is 6.99. The summed E-state index contributed by atoms with van der Waals surface area (Å²) in [5.41, 5.74) is 2.74. The van der Waals surface area contributed by atoms with Crippen LogP contribution in [0.4, 0.5) is 5.69 Å². The molecule has 1 saturated heterocycles. The largest absolute Gasteiger partial charge is 0.338 e. The molecule has 1 N–H and O–H groups in total. The fraction of sp³-hybridized carbons (Fsp3) is 0.333. The van der Waals surface area contributed by atoms with Crippen LogP contribution in [0.25, 0.3) is 0 Å². The normalized spacial score (nSPS) is 19.7. The van der Waals surface area contributed by atoms with E-state index in [1.165, 1.54) is 5.56 Å². The van der Waals surface area contributed by atoms with Crippen LogP contribution in [0, 0.1) is 5.92 Å². The summed E-state index contributed by atoms with van der Waals surface area (Å²) in [6.45, 7) is 1.56. The second-order valence-corrected chi connectivity index (χ2v) is 6.99. The van der Waals surface area contributed by atoms with E-state index in [0.717, 1.165) is 38.0 Å². The summed E-state index contributed by atoms with van der Waals surface area (Å²) in [5.74, 6) is 0.755. The molecule has 1 atom stereocenters. The molecule has 1 aliphatic carbocycles. The van der Waals surface area contributed by atoms with E-state index in [2.05, 4.69) is 29.6 Å². The molecule has 0 bridgehead atoms. The number of carbonyl (C=O) groups is 2. The Bertz CT molecular complexity index is 766. The summed E-state index contributed by atoms with van der Waals surface area (Å²) in [4.78, 5) is 26.4. The molecular formula is C21H22N2O2. The van der Waals surface area contributed by atoms with Crippen LogP contribution in [0.2, 0.25) is 0 Å². The molecule has 2 aromatic rings. The minimum absolute atomic E-state index is 0.0681. The molecule has 0 radical (unpaired) electrons. The van der Waals surface area contributed by atoms with Crippen molar-refractivity contribution in [1.82, 2.24) is 4.90 Å². The molecule has 0 aromatic heterocycles. The molecule has 0 unspecified atom stereocenters. The van der Waals surface area contributed by atoms with Crippen molar-refractivity contribution in [2.24, 2.45) is 5.92 Å². The lowest BCUT2D eigenvalue weighted by atomic mass is 9.99. The highest BCUT2D eigenvalue weighted by Gasteiger charge is 2.30. The number of hydrogen-bond acceptors (Lipinski definition) is 2. The van der Waals surface area contributed by atoms with E-state index in [-0.39, 0.29) is 17.7 Å². The highest BCUT2D eigenvalue weighted by molar-refractivity contribution is 5.97. The number of amides is 2. The van der Waals surface area contributed by atoms with Crippen LogP contribution in [0.5, 0.6) is 0 Å². The van der Waals surface area contributed by atoms with Gasteiger partial charge in [0.15, 0.2) is 0 Å². The van der Waals surface area contributed by atoms with Gasteiger partial charge in [-0.2, -0.15) is 0 Å². The van der Waals surface area contributed by atoms with Crippen molar-refractivity contribution >= 4 is 17.5 Å². The van der Waals surface area contributed by atoms with Gasteiger partial charge in [0.1, 0.15) is 0 Å². The van der Waals surface area contributed by atoms with Gasteiger partial charge in [0.2, 0.25) is 5.91 Å². The Kier molecular flexibility index (Phi) is 4.26. The number of likely N-dealkylation sites (tertiary alicyclic amines) is 1. The zero-order valence-electron chi connectivity index (χ0n) is 14.2. The van der Waals surface area contributed by atoms with Gasteiger partial charge in [-0.1, -0.05) is 30.3 Å². The Morgan fingerprint density at radius 2 is 1.64 bits per heavy atom. The Hall–Kier alpha value is -2.62. The van der Waals surface area contributed by atoms with E-state index in [1.807, 2.05) is 23.1 Å². The first-order chi connectivity index (χ1) is 12.2. The Morgan fingerprint density at radius 3 is 2.32 bits per heavy atom. The quantitative estimate of drug-likeness (QED) is 0.927. The average molecular weight is 334 g/mol. The van der Waals surface area contributed by atoms with E-state index < -0.39 is 0 Å². The van der Waals surface area contributed by atoms with Gasteiger partial charge in [0.05, 0.1) is 0 Å². The van der Waals surface area contributed by atoms with Gasteiger partial charge in [-0.25, -0.2) is 0 Å². The fourth-order valence-electron chi connectivity index (χ4n) is 3.41. The zero-order valence-corrected chi connectivity index (χ0v) is 14.2. The lowest BCUT2D eigenvalue weighted by Gasteiger charge is -2.17. The Labute approximate surface area is 147 Å². The minimum atomic E-state index is 0.0681. The van der Waals surface area contributed by atoms with E-state index in [4.69, 9.17) is 0 Å².